The van der Waals surface area contributed by atoms with E-state index in [0.29, 0.717) is 23.7 Å². The van der Waals surface area contributed by atoms with Crippen molar-refractivity contribution in [1.29, 1.82) is 0 Å². The van der Waals surface area contributed by atoms with Crippen LogP contribution in [0.1, 0.15) is 6.42 Å². The van der Waals surface area contributed by atoms with Gasteiger partial charge in [-0.15, -0.1) is 0 Å². The van der Waals surface area contributed by atoms with E-state index in [4.69, 9.17) is 10.5 Å². The molecule has 1 heterocycles. The normalized spacial score (nSPS) is 12.1. The van der Waals surface area contributed by atoms with Crippen LogP contribution in [0.4, 0.5) is 5.69 Å². The number of aromatic nitrogens is 1. The SMILES string of the molecule is COCCCNC(=O)CS(=O)c1ccncc1N. The van der Waals surface area contributed by atoms with Gasteiger partial charge in [-0.3, -0.25) is 14.0 Å². The molecule has 0 aliphatic rings. The van der Waals surface area contributed by atoms with Gasteiger partial charge >= 0.3 is 0 Å². The molecular weight excluding hydrogens is 254 g/mol. The zero-order valence-corrected chi connectivity index (χ0v) is 11.0. The first-order valence-corrected chi connectivity index (χ1v) is 6.80. The van der Waals surface area contributed by atoms with E-state index in [1.54, 1.807) is 13.2 Å². The molecule has 1 aromatic rings. The fourth-order valence-corrected chi connectivity index (χ4v) is 2.32. The largest absolute Gasteiger partial charge is 0.396 e. The molecule has 0 aliphatic heterocycles. The number of rotatable bonds is 7. The van der Waals surface area contributed by atoms with Gasteiger partial charge in [0.1, 0.15) is 5.75 Å². The third-order valence-electron chi connectivity index (χ3n) is 2.16. The summed E-state index contributed by atoms with van der Waals surface area (Å²) in [6.45, 7) is 1.09. The van der Waals surface area contributed by atoms with Crippen LogP contribution in [0.3, 0.4) is 0 Å². The Morgan fingerprint density at radius 1 is 1.61 bits per heavy atom. The van der Waals surface area contributed by atoms with Crippen LogP contribution in [0.25, 0.3) is 0 Å². The van der Waals surface area contributed by atoms with Crippen LogP contribution < -0.4 is 11.1 Å². The van der Waals surface area contributed by atoms with Gasteiger partial charge in [0, 0.05) is 26.5 Å². The monoisotopic (exact) mass is 271 g/mol. The first-order valence-electron chi connectivity index (χ1n) is 5.48. The van der Waals surface area contributed by atoms with Gasteiger partial charge < -0.3 is 15.8 Å². The molecule has 0 saturated heterocycles. The van der Waals surface area contributed by atoms with Crippen molar-refractivity contribution in [3.8, 4) is 0 Å². The molecule has 1 unspecified atom stereocenters. The van der Waals surface area contributed by atoms with E-state index in [2.05, 4.69) is 10.3 Å². The summed E-state index contributed by atoms with van der Waals surface area (Å²) in [5.74, 6) is -0.359. The molecule has 18 heavy (non-hydrogen) atoms. The van der Waals surface area contributed by atoms with Gasteiger partial charge in [-0.05, 0) is 12.5 Å². The lowest BCUT2D eigenvalue weighted by Crippen LogP contribution is -2.29. The molecule has 0 saturated carbocycles. The number of nitrogen functional groups attached to an aromatic ring is 1. The lowest BCUT2D eigenvalue weighted by atomic mass is 10.4. The minimum atomic E-state index is -1.44. The maximum atomic E-state index is 11.9. The Labute approximate surface area is 108 Å². The Balaban J connectivity index is 2.41. The summed E-state index contributed by atoms with van der Waals surface area (Å²) in [4.78, 5) is 15.7. The van der Waals surface area contributed by atoms with Crippen LogP contribution in [0.2, 0.25) is 0 Å². The van der Waals surface area contributed by atoms with Crippen molar-refractivity contribution in [3.63, 3.8) is 0 Å². The van der Waals surface area contributed by atoms with E-state index >= 15 is 0 Å². The molecule has 0 bridgehead atoms. The highest BCUT2D eigenvalue weighted by atomic mass is 32.2. The molecule has 1 aromatic heterocycles. The van der Waals surface area contributed by atoms with Gasteiger partial charge in [-0.1, -0.05) is 0 Å². The summed E-state index contributed by atoms with van der Waals surface area (Å²) in [7, 11) is 0.160. The molecule has 6 nitrogen and oxygen atoms in total. The molecular formula is C11H17N3O3S. The van der Waals surface area contributed by atoms with Crippen molar-refractivity contribution in [2.24, 2.45) is 0 Å². The summed E-state index contributed by atoms with van der Waals surface area (Å²) in [5.41, 5.74) is 5.97. The highest BCUT2D eigenvalue weighted by Crippen LogP contribution is 2.13. The van der Waals surface area contributed by atoms with Crippen molar-refractivity contribution in [2.45, 2.75) is 11.3 Å². The smallest absolute Gasteiger partial charge is 0.233 e. The number of ether oxygens (including phenoxy) is 1. The predicted octanol–water partition coefficient (Wildman–Crippen LogP) is -0.0759. The highest BCUT2D eigenvalue weighted by molar-refractivity contribution is 7.86. The fourth-order valence-electron chi connectivity index (χ4n) is 1.29. The van der Waals surface area contributed by atoms with Crippen molar-refractivity contribution in [3.05, 3.63) is 18.5 Å². The van der Waals surface area contributed by atoms with E-state index in [0.717, 1.165) is 6.42 Å². The van der Waals surface area contributed by atoms with Gasteiger partial charge in [-0.2, -0.15) is 0 Å². The number of hydrogen-bond donors (Lipinski definition) is 2. The summed E-state index contributed by atoms with van der Waals surface area (Å²) < 4.78 is 16.7. The molecule has 100 valence electrons. The number of nitrogens with zero attached hydrogens (tertiary/aromatic N) is 1. The zero-order valence-electron chi connectivity index (χ0n) is 10.2. The van der Waals surface area contributed by atoms with Gasteiger partial charge in [-0.25, -0.2) is 0 Å². The van der Waals surface area contributed by atoms with Crippen LogP contribution in [-0.2, 0) is 20.3 Å². The molecule has 0 spiro atoms. The Morgan fingerprint density at radius 3 is 3.06 bits per heavy atom. The predicted molar refractivity (Wildman–Crippen MR) is 69.4 cm³/mol. The zero-order chi connectivity index (χ0) is 13.4. The second-order valence-electron chi connectivity index (χ2n) is 3.60. The average Bonchev–Trinajstić information content (AvgIpc) is 2.35. The number of nitrogens with one attached hydrogen (secondary N) is 1. The third kappa shape index (κ3) is 4.80. The number of carbonyl (C=O) groups excluding carboxylic acids is 1. The summed E-state index contributed by atoms with van der Waals surface area (Å²) in [6.07, 6.45) is 3.65. The van der Waals surface area contributed by atoms with E-state index in [9.17, 15) is 9.00 Å². The fraction of sp³-hybridized carbons (Fsp3) is 0.455. The Morgan fingerprint density at radius 2 is 2.39 bits per heavy atom. The molecule has 0 fully saturated rings. The minimum absolute atomic E-state index is 0.0960. The number of methoxy groups -OCH3 is 1. The van der Waals surface area contributed by atoms with E-state index in [1.807, 2.05) is 0 Å². The molecule has 0 aromatic carbocycles. The molecule has 7 heteroatoms. The number of amides is 1. The number of carbonyl (C=O) groups is 1. The lowest BCUT2D eigenvalue weighted by Gasteiger charge is -2.06. The third-order valence-corrected chi connectivity index (χ3v) is 3.55. The second-order valence-corrected chi connectivity index (χ2v) is 5.02. The van der Waals surface area contributed by atoms with Gasteiger partial charge in [0.2, 0.25) is 5.91 Å². The minimum Gasteiger partial charge on any atom is -0.396 e. The Hall–Kier alpha value is -1.47. The second kappa shape index (κ2) is 7.78. The summed E-state index contributed by atoms with van der Waals surface area (Å²) in [6, 6.07) is 1.56. The number of hydrogen-bond acceptors (Lipinski definition) is 5. The van der Waals surface area contributed by atoms with Crippen molar-refractivity contribution in [2.75, 3.05) is 31.7 Å². The van der Waals surface area contributed by atoms with E-state index in [-0.39, 0.29) is 11.7 Å². The van der Waals surface area contributed by atoms with Crippen molar-refractivity contribution < 1.29 is 13.7 Å². The molecule has 0 radical (unpaired) electrons. The van der Waals surface area contributed by atoms with Crippen LogP contribution >= 0.6 is 0 Å². The molecule has 0 aliphatic carbocycles. The first kappa shape index (κ1) is 14.6. The maximum absolute atomic E-state index is 11.9. The van der Waals surface area contributed by atoms with E-state index < -0.39 is 10.8 Å². The quantitative estimate of drug-likeness (QED) is 0.677. The molecule has 1 amide bonds. The van der Waals surface area contributed by atoms with Gasteiger partial charge in [0.05, 0.1) is 27.6 Å². The average molecular weight is 271 g/mol. The summed E-state index contributed by atoms with van der Waals surface area (Å²) in [5, 5.41) is 2.67. The number of pyridine rings is 1. The van der Waals surface area contributed by atoms with Gasteiger partial charge in [0.15, 0.2) is 0 Å². The highest BCUT2D eigenvalue weighted by Gasteiger charge is 2.12. The topological polar surface area (TPSA) is 94.3 Å². The molecule has 1 rings (SSSR count). The standard InChI is InChI=1S/C11H17N3O3S/c1-17-6-2-4-14-11(15)8-18(16)10-3-5-13-7-9(10)12/h3,5,7H,2,4,6,8,12H2,1H3,(H,14,15). The van der Waals surface area contributed by atoms with Gasteiger partial charge in [0.25, 0.3) is 0 Å². The number of anilines is 1. The van der Waals surface area contributed by atoms with Crippen LogP contribution in [0.15, 0.2) is 23.4 Å². The van der Waals surface area contributed by atoms with Crippen molar-refractivity contribution >= 4 is 22.4 Å². The Kier molecular flexibility index (Phi) is 6.31. The van der Waals surface area contributed by atoms with E-state index in [1.165, 1.54) is 12.4 Å². The molecule has 3 N–H and O–H groups in total. The number of nitrogens with two attached hydrogens (primary N) is 1. The lowest BCUT2D eigenvalue weighted by molar-refractivity contribution is -0.118. The van der Waals surface area contributed by atoms with Crippen LogP contribution in [0.5, 0.6) is 0 Å². The van der Waals surface area contributed by atoms with Crippen LogP contribution in [-0.4, -0.2) is 41.1 Å². The summed E-state index contributed by atoms with van der Waals surface area (Å²) >= 11 is 0. The first-order chi connectivity index (χ1) is 8.65. The maximum Gasteiger partial charge on any atom is 0.233 e. The molecule has 1 atom stereocenters. The Bertz CT molecular complexity index is 426. The van der Waals surface area contributed by atoms with Crippen molar-refractivity contribution in [1.82, 2.24) is 10.3 Å². The van der Waals surface area contributed by atoms with Crippen LogP contribution in [0, 0.1) is 0 Å².